The van der Waals surface area contributed by atoms with E-state index in [1.165, 1.54) is 0 Å². The molecule has 0 amide bonds. The van der Waals surface area contributed by atoms with E-state index in [4.69, 9.17) is 0 Å². The number of rotatable bonds is 4. The highest BCUT2D eigenvalue weighted by molar-refractivity contribution is 5.86. The Hall–Kier alpha value is -4.54. The van der Waals surface area contributed by atoms with Crippen molar-refractivity contribution in [3.05, 3.63) is 96.3 Å². The molecule has 0 spiro atoms. The molecule has 4 nitrogen and oxygen atoms in total. The first-order valence-electron chi connectivity index (χ1n) is 10.2. The monoisotopic (exact) mass is 412 g/mol. The number of allylic oxidation sites excluding steroid dienone is 2. The number of pyridine rings is 2. The van der Waals surface area contributed by atoms with E-state index in [0.29, 0.717) is 13.1 Å². The van der Waals surface area contributed by atoms with E-state index in [1.54, 1.807) is 24.6 Å². The average molecular weight is 412 g/mol. The molecule has 0 fully saturated rings. The van der Waals surface area contributed by atoms with Crippen molar-refractivity contribution in [1.82, 2.24) is 9.97 Å². The van der Waals surface area contributed by atoms with Gasteiger partial charge in [0.25, 0.3) is 0 Å². The summed E-state index contributed by atoms with van der Waals surface area (Å²) < 4.78 is 0. The van der Waals surface area contributed by atoms with Gasteiger partial charge in [0.05, 0.1) is 22.4 Å². The summed E-state index contributed by atoms with van der Waals surface area (Å²) in [5.41, 5.74) is 3.57. The van der Waals surface area contributed by atoms with Crippen LogP contribution in [0.2, 0.25) is 0 Å². The van der Waals surface area contributed by atoms with Gasteiger partial charge in [0.1, 0.15) is 13.1 Å². The highest BCUT2D eigenvalue weighted by Gasteiger charge is 1.95. The fraction of sp³-hybridized carbons (Fsp3) is 0.0714. The van der Waals surface area contributed by atoms with Crippen LogP contribution in [0.1, 0.15) is 11.4 Å². The minimum atomic E-state index is 0.412. The fourth-order valence-corrected chi connectivity index (χ4v) is 2.97. The molecule has 0 aliphatic rings. The largest absolute Gasteiger partial charge is 0.278 e. The van der Waals surface area contributed by atoms with Crippen molar-refractivity contribution in [2.75, 3.05) is 13.1 Å². The van der Waals surface area contributed by atoms with Gasteiger partial charge in [-0.25, -0.2) is 9.97 Å². The van der Waals surface area contributed by atoms with Crippen LogP contribution in [0, 0.1) is 23.7 Å². The Labute approximate surface area is 187 Å². The van der Waals surface area contributed by atoms with E-state index in [0.717, 1.165) is 33.2 Å². The van der Waals surface area contributed by atoms with Crippen molar-refractivity contribution < 1.29 is 0 Å². The van der Waals surface area contributed by atoms with Crippen LogP contribution in [0.4, 0.5) is 0 Å². The summed E-state index contributed by atoms with van der Waals surface area (Å²) in [5, 5.41) is 2.23. The maximum Gasteiger partial charge on any atom is 0.100 e. The summed E-state index contributed by atoms with van der Waals surface area (Å²) in [6.45, 7) is 0.824. The molecule has 4 rings (SSSR count). The first-order valence-corrected chi connectivity index (χ1v) is 10.2. The molecule has 0 unspecified atom stereocenters. The lowest BCUT2D eigenvalue weighted by Crippen LogP contribution is -1.89. The highest BCUT2D eigenvalue weighted by Crippen LogP contribution is 2.11. The van der Waals surface area contributed by atoms with Gasteiger partial charge in [-0.2, -0.15) is 0 Å². The zero-order chi connectivity index (χ0) is 21.8. The van der Waals surface area contributed by atoms with E-state index >= 15 is 0 Å². The molecule has 4 heteroatoms. The quantitative estimate of drug-likeness (QED) is 0.354. The summed E-state index contributed by atoms with van der Waals surface area (Å²) in [6, 6.07) is 24.0. The zero-order valence-electron chi connectivity index (χ0n) is 17.4. The molecule has 2 aromatic heterocycles. The number of fused-ring (bicyclic) bond motifs is 2. The Balaban J connectivity index is 1.20. The Morgan fingerprint density at radius 2 is 1.06 bits per heavy atom. The summed E-state index contributed by atoms with van der Waals surface area (Å²) in [6.07, 6.45) is 6.91. The van der Waals surface area contributed by atoms with Gasteiger partial charge in [-0.3, -0.25) is 9.98 Å². The lowest BCUT2D eigenvalue weighted by molar-refractivity contribution is 1.28. The second-order valence-electron chi connectivity index (χ2n) is 6.77. The Morgan fingerprint density at radius 3 is 1.56 bits per heavy atom. The number of hydrogen-bond donors (Lipinski definition) is 0. The molecule has 0 bridgehead atoms. The second-order valence-corrected chi connectivity index (χ2v) is 6.77. The molecule has 32 heavy (non-hydrogen) atoms. The van der Waals surface area contributed by atoms with Gasteiger partial charge >= 0.3 is 0 Å². The van der Waals surface area contributed by atoms with E-state index < -0.39 is 0 Å². The van der Waals surface area contributed by atoms with Gasteiger partial charge in [0.15, 0.2) is 0 Å². The Bertz CT molecular complexity index is 1330. The molecular weight excluding hydrogens is 392 g/mol. The van der Waals surface area contributed by atoms with E-state index in [1.807, 2.05) is 72.8 Å². The molecule has 0 saturated carbocycles. The van der Waals surface area contributed by atoms with E-state index in [9.17, 15) is 0 Å². The molecule has 2 heterocycles. The molecule has 2 aromatic carbocycles. The summed E-state index contributed by atoms with van der Waals surface area (Å²) in [7, 11) is 0. The number of benzene rings is 2. The number of aliphatic imine (C=N–C) groups is 2. The average Bonchev–Trinajstić information content (AvgIpc) is 2.84. The topological polar surface area (TPSA) is 50.5 Å². The van der Waals surface area contributed by atoms with Crippen LogP contribution in [-0.4, -0.2) is 35.5 Å². The first kappa shape index (κ1) is 20.7. The molecular formula is C28H20N4. The van der Waals surface area contributed by atoms with Crippen LogP contribution in [0.3, 0.4) is 0 Å². The van der Waals surface area contributed by atoms with Gasteiger partial charge in [-0.1, -0.05) is 72.2 Å². The van der Waals surface area contributed by atoms with Crippen LogP contribution < -0.4 is 0 Å². The van der Waals surface area contributed by atoms with Crippen LogP contribution in [0.15, 0.2) is 94.9 Å². The van der Waals surface area contributed by atoms with Gasteiger partial charge in [0, 0.05) is 23.2 Å². The van der Waals surface area contributed by atoms with Crippen molar-refractivity contribution >= 4 is 34.2 Å². The Morgan fingerprint density at radius 1 is 0.594 bits per heavy atom. The molecule has 0 N–H and O–H groups in total. The lowest BCUT2D eigenvalue weighted by Gasteiger charge is -1.97. The lowest BCUT2D eigenvalue weighted by atomic mass is 10.2. The minimum absolute atomic E-state index is 0.412. The van der Waals surface area contributed by atoms with Gasteiger partial charge in [-0.15, -0.1) is 0 Å². The maximum atomic E-state index is 4.55. The third-order valence-corrected chi connectivity index (χ3v) is 4.48. The summed E-state index contributed by atoms with van der Waals surface area (Å²) in [4.78, 5) is 17.7. The standard InChI is InChI=1S/C28H20N4/c1(3-9-19-29-21-25-17-15-23-11-5-7-13-27(23)31-25)2-4-10-20-30-22-26-18-16-24-12-6-8-14-28(24)32-26/h1-2,5-8,11-18,21-22H,19-20H2. The van der Waals surface area contributed by atoms with Gasteiger partial charge < -0.3 is 0 Å². The summed E-state index contributed by atoms with van der Waals surface area (Å²) in [5.74, 6) is 11.8. The van der Waals surface area contributed by atoms with Crippen LogP contribution in [0.5, 0.6) is 0 Å². The van der Waals surface area contributed by atoms with Gasteiger partial charge in [-0.05, 0) is 36.4 Å². The highest BCUT2D eigenvalue weighted by atomic mass is 14.8. The Kier molecular flexibility index (Phi) is 7.13. The number of nitrogens with zero attached hydrogens (tertiary/aromatic N) is 4. The van der Waals surface area contributed by atoms with Crippen LogP contribution in [-0.2, 0) is 0 Å². The third-order valence-electron chi connectivity index (χ3n) is 4.48. The number of para-hydroxylation sites is 2. The van der Waals surface area contributed by atoms with Crippen molar-refractivity contribution in [3.63, 3.8) is 0 Å². The first-order chi connectivity index (χ1) is 15.9. The van der Waals surface area contributed by atoms with Crippen LogP contribution in [0.25, 0.3) is 21.8 Å². The van der Waals surface area contributed by atoms with Crippen molar-refractivity contribution in [2.24, 2.45) is 9.98 Å². The fourth-order valence-electron chi connectivity index (χ4n) is 2.97. The van der Waals surface area contributed by atoms with Crippen molar-refractivity contribution in [2.45, 2.75) is 0 Å². The second kappa shape index (κ2) is 11.0. The van der Waals surface area contributed by atoms with E-state index in [2.05, 4.69) is 43.6 Å². The maximum absolute atomic E-state index is 4.55. The SMILES string of the molecule is C(#CCN=Cc1ccc2ccccc2n1)C=CC#CCN=Cc1ccc2ccccc2n1. The third kappa shape index (κ3) is 5.98. The predicted octanol–water partition coefficient (Wildman–Crippen LogP) is 4.88. The number of aromatic nitrogens is 2. The predicted molar refractivity (Wildman–Crippen MR) is 133 cm³/mol. The minimum Gasteiger partial charge on any atom is -0.278 e. The normalized spacial score (nSPS) is 11.1. The van der Waals surface area contributed by atoms with Crippen molar-refractivity contribution in [3.8, 4) is 23.7 Å². The van der Waals surface area contributed by atoms with E-state index in [-0.39, 0.29) is 0 Å². The van der Waals surface area contributed by atoms with Crippen molar-refractivity contribution in [1.29, 1.82) is 0 Å². The summed E-state index contributed by atoms with van der Waals surface area (Å²) >= 11 is 0. The smallest absolute Gasteiger partial charge is 0.100 e. The molecule has 152 valence electrons. The molecule has 0 radical (unpaired) electrons. The zero-order valence-corrected chi connectivity index (χ0v) is 17.4. The molecule has 4 aromatic rings. The molecule has 0 aliphatic heterocycles. The van der Waals surface area contributed by atoms with Gasteiger partial charge in [0.2, 0.25) is 0 Å². The van der Waals surface area contributed by atoms with Crippen LogP contribution >= 0.6 is 0 Å². The molecule has 0 aliphatic carbocycles. The number of hydrogen-bond acceptors (Lipinski definition) is 4. The molecule has 0 atom stereocenters. The molecule has 0 saturated heterocycles.